The molecule has 37 heavy (non-hydrogen) atoms. The van der Waals surface area contributed by atoms with E-state index in [-0.39, 0.29) is 18.8 Å². The smallest absolute Gasteiger partial charge is 0.340 e. The standard InChI is InChI=1S/C30H22N2O5/c1-15-22-12-32-25(11-21-23(29(32)35)14-37-30(36)28(21)34)27(22)31-24-9-8-18-6-7-19(10-20(18)26(15)24)17-4-2-16(13-33)3-5-17/h2-11,28,33-34H,12-14H2,1H3. The summed E-state index contributed by atoms with van der Waals surface area (Å²) in [7, 11) is 0. The number of carbonyl (C=O) groups is 1. The number of fused-ring (bicyclic) bond motifs is 7. The zero-order valence-corrected chi connectivity index (χ0v) is 20.0. The lowest BCUT2D eigenvalue weighted by molar-refractivity contribution is -0.157. The second-order valence-electron chi connectivity index (χ2n) is 9.68. The zero-order chi connectivity index (χ0) is 25.4. The van der Waals surface area contributed by atoms with Crippen LogP contribution in [0, 0.1) is 6.92 Å². The maximum absolute atomic E-state index is 13.3. The van der Waals surface area contributed by atoms with E-state index in [1.807, 2.05) is 36.4 Å². The molecule has 0 amide bonds. The van der Waals surface area contributed by atoms with Crippen molar-refractivity contribution in [2.75, 3.05) is 0 Å². The summed E-state index contributed by atoms with van der Waals surface area (Å²) >= 11 is 0. The van der Waals surface area contributed by atoms with Crippen molar-refractivity contribution in [1.82, 2.24) is 9.55 Å². The van der Waals surface area contributed by atoms with Gasteiger partial charge >= 0.3 is 5.97 Å². The number of rotatable bonds is 2. The van der Waals surface area contributed by atoms with Gasteiger partial charge in [0, 0.05) is 16.5 Å². The highest BCUT2D eigenvalue weighted by Crippen LogP contribution is 2.40. The largest absolute Gasteiger partial charge is 0.458 e. The lowest BCUT2D eigenvalue weighted by Gasteiger charge is -2.21. The van der Waals surface area contributed by atoms with Gasteiger partial charge in [0.15, 0.2) is 6.10 Å². The summed E-state index contributed by atoms with van der Waals surface area (Å²) < 4.78 is 6.66. The number of ether oxygens (including phenoxy) is 1. The van der Waals surface area contributed by atoms with Crippen LogP contribution in [0.25, 0.3) is 44.2 Å². The highest BCUT2D eigenvalue weighted by molar-refractivity contribution is 6.10. The summed E-state index contributed by atoms with van der Waals surface area (Å²) in [5.41, 5.74) is 7.47. The lowest BCUT2D eigenvalue weighted by atomic mass is 9.94. The number of hydrogen-bond donors (Lipinski definition) is 2. The summed E-state index contributed by atoms with van der Waals surface area (Å²) in [6.45, 7) is 2.30. The Bertz CT molecular complexity index is 1850. The van der Waals surface area contributed by atoms with Crippen molar-refractivity contribution in [2.45, 2.75) is 32.8 Å². The molecule has 0 saturated heterocycles. The van der Waals surface area contributed by atoms with E-state index in [4.69, 9.17) is 9.72 Å². The third-order valence-corrected chi connectivity index (χ3v) is 7.69. The molecule has 182 valence electrons. The Hall–Kier alpha value is -4.33. The van der Waals surface area contributed by atoms with Crippen LogP contribution in [-0.2, 0) is 29.3 Å². The summed E-state index contributed by atoms with van der Waals surface area (Å²) in [5, 5.41) is 22.9. The normalized spacial score (nSPS) is 16.0. The molecular weight excluding hydrogens is 468 g/mol. The maximum atomic E-state index is 13.3. The number of hydrogen-bond acceptors (Lipinski definition) is 6. The van der Waals surface area contributed by atoms with Crippen LogP contribution in [0.5, 0.6) is 0 Å². The third-order valence-electron chi connectivity index (χ3n) is 7.69. The Morgan fingerprint density at radius 1 is 1.00 bits per heavy atom. The van der Waals surface area contributed by atoms with E-state index in [9.17, 15) is 19.8 Å². The van der Waals surface area contributed by atoms with E-state index < -0.39 is 12.1 Å². The number of nitrogens with zero attached hydrogens (tertiary/aromatic N) is 2. The molecule has 0 spiro atoms. The van der Waals surface area contributed by atoms with E-state index in [0.717, 1.165) is 49.5 Å². The van der Waals surface area contributed by atoms with Crippen LogP contribution in [0.4, 0.5) is 0 Å². The molecule has 1 unspecified atom stereocenters. The minimum absolute atomic E-state index is 0.00929. The van der Waals surface area contributed by atoms with Crippen molar-refractivity contribution < 1.29 is 19.7 Å². The summed E-state index contributed by atoms with van der Waals surface area (Å²) in [6.07, 6.45) is -1.47. The van der Waals surface area contributed by atoms with Gasteiger partial charge in [-0.2, -0.15) is 0 Å². The predicted octanol–water partition coefficient (Wildman–Crippen LogP) is 4.14. The fourth-order valence-corrected chi connectivity index (χ4v) is 5.66. The molecule has 7 rings (SSSR count). The van der Waals surface area contributed by atoms with Crippen LogP contribution in [0.1, 0.15) is 33.9 Å². The Kier molecular flexibility index (Phi) is 4.64. The number of cyclic esters (lactones) is 1. The van der Waals surface area contributed by atoms with E-state index >= 15 is 0 Å². The molecule has 2 aliphatic rings. The number of aliphatic hydroxyl groups is 2. The molecule has 5 aromatic rings. The van der Waals surface area contributed by atoms with Crippen LogP contribution < -0.4 is 5.56 Å². The van der Waals surface area contributed by atoms with Gasteiger partial charge in [-0.1, -0.05) is 42.5 Å². The van der Waals surface area contributed by atoms with E-state index in [1.54, 1.807) is 10.6 Å². The van der Waals surface area contributed by atoms with Gasteiger partial charge in [0.1, 0.15) is 6.61 Å². The number of aliphatic hydroxyl groups excluding tert-OH is 2. The first-order valence-electron chi connectivity index (χ1n) is 12.1. The molecule has 0 radical (unpaired) electrons. The molecule has 4 heterocycles. The molecule has 2 N–H and O–H groups in total. The molecule has 7 nitrogen and oxygen atoms in total. The average Bonchev–Trinajstić information content (AvgIpc) is 3.30. The Morgan fingerprint density at radius 2 is 1.76 bits per heavy atom. The molecule has 2 aliphatic heterocycles. The van der Waals surface area contributed by atoms with Crippen molar-refractivity contribution >= 4 is 27.6 Å². The molecule has 1 atom stereocenters. The number of pyridine rings is 2. The fourth-order valence-electron chi connectivity index (χ4n) is 5.66. The zero-order valence-electron chi connectivity index (χ0n) is 20.0. The monoisotopic (exact) mass is 490 g/mol. The molecule has 0 fully saturated rings. The number of aromatic nitrogens is 2. The second-order valence-corrected chi connectivity index (χ2v) is 9.68. The summed E-state index contributed by atoms with van der Waals surface area (Å²) in [5.74, 6) is -0.744. The van der Waals surface area contributed by atoms with Crippen molar-refractivity contribution in [3.8, 4) is 22.5 Å². The molecule has 2 aromatic heterocycles. The van der Waals surface area contributed by atoms with Gasteiger partial charge in [0.25, 0.3) is 5.56 Å². The van der Waals surface area contributed by atoms with Crippen molar-refractivity contribution in [3.63, 3.8) is 0 Å². The van der Waals surface area contributed by atoms with E-state index in [0.29, 0.717) is 29.1 Å². The van der Waals surface area contributed by atoms with Crippen LogP contribution in [0.2, 0.25) is 0 Å². The lowest BCUT2D eigenvalue weighted by Crippen LogP contribution is -2.32. The van der Waals surface area contributed by atoms with Crippen molar-refractivity contribution in [2.24, 2.45) is 0 Å². The Balaban J connectivity index is 1.44. The van der Waals surface area contributed by atoms with Crippen LogP contribution >= 0.6 is 0 Å². The Morgan fingerprint density at radius 3 is 2.54 bits per heavy atom. The molecule has 0 saturated carbocycles. The van der Waals surface area contributed by atoms with Gasteiger partial charge in [-0.3, -0.25) is 4.79 Å². The quantitative estimate of drug-likeness (QED) is 0.280. The average molecular weight is 491 g/mol. The molecule has 0 bridgehead atoms. The van der Waals surface area contributed by atoms with Gasteiger partial charge in [-0.25, -0.2) is 9.78 Å². The number of benzene rings is 3. The highest BCUT2D eigenvalue weighted by atomic mass is 16.5. The Labute approximate surface area is 211 Å². The van der Waals surface area contributed by atoms with Crippen molar-refractivity contribution in [3.05, 3.63) is 98.8 Å². The van der Waals surface area contributed by atoms with Crippen LogP contribution in [-0.4, -0.2) is 25.7 Å². The van der Waals surface area contributed by atoms with E-state index in [2.05, 4.69) is 25.1 Å². The number of aryl methyl sites for hydroxylation is 1. The van der Waals surface area contributed by atoms with Gasteiger partial charge in [0.05, 0.1) is 35.6 Å². The minimum Gasteiger partial charge on any atom is -0.458 e. The molecular formula is C30H22N2O5. The maximum Gasteiger partial charge on any atom is 0.340 e. The summed E-state index contributed by atoms with van der Waals surface area (Å²) in [4.78, 5) is 30.2. The predicted molar refractivity (Wildman–Crippen MR) is 139 cm³/mol. The second kappa shape index (κ2) is 7.83. The molecule has 3 aromatic carbocycles. The van der Waals surface area contributed by atoms with E-state index in [1.165, 1.54) is 0 Å². The first kappa shape index (κ1) is 21.9. The van der Waals surface area contributed by atoms with Gasteiger partial charge in [-0.15, -0.1) is 0 Å². The number of esters is 1. The fraction of sp³-hybridized carbons (Fsp3) is 0.167. The molecule has 7 heteroatoms. The first-order chi connectivity index (χ1) is 17.9. The third kappa shape index (κ3) is 3.11. The molecule has 0 aliphatic carbocycles. The first-order valence-corrected chi connectivity index (χ1v) is 12.1. The van der Waals surface area contributed by atoms with Gasteiger partial charge in [-0.05, 0) is 58.1 Å². The summed E-state index contributed by atoms with van der Waals surface area (Å²) in [6, 6.07) is 20.0. The van der Waals surface area contributed by atoms with Crippen LogP contribution in [0.15, 0.2) is 65.5 Å². The van der Waals surface area contributed by atoms with Gasteiger partial charge in [0.2, 0.25) is 0 Å². The topological polar surface area (TPSA) is 102 Å². The minimum atomic E-state index is -1.47. The number of carbonyl (C=O) groups excluding carboxylic acids is 1. The van der Waals surface area contributed by atoms with Crippen molar-refractivity contribution in [1.29, 1.82) is 0 Å². The van der Waals surface area contributed by atoms with Gasteiger partial charge < -0.3 is 19.5 Å². The SMILES string of the molecule is Cc1c2c(nc3ccc4ccc(-c5ccc(CO)cc5)cc4c13)-c1cc3c(c(=O)n1C2)COC(=O)C3O. The highest BCUT2D eigenvalue weighted by Gasteiger charge is 2.34. The van der Waals surface area contributed by atoms with Crippen LogP contribution in [0.3, 0.4) is 0 Å².